The fourth-order valence-electron chi connectivity index (χ4n) is 2.14. The Morgan fingerprint density at radius 2 is 1.78 bits per heavy atom. The molecule has 0 aliphatic heterocycles. The van der Waals surface area contributed by atoms with E-state index in [1.54, 1.807) is 11.3 Å². The molecule has 0 saturated carbocycles. The van der Waals surface area contributed by atoms with Gasteiger partial charge in [0.1, 0.15) is 0 Å². The Kier molecular flexibility index (Phi) is 3.80. The van der Waals surface area contributed by atoms with Gasteiger partial charge in [0.25, 0.3) is 0 Å². The molecule has 2 rings (SSSR count). The van der Waals surface area contributed by atoms with E-state index in [0.29, 0.717) is 0 Å². The lowest BCUT2D eigenvalue weighted by atomic mass is 9.95. The van der Waals surface area contributed by atoms with Crippen molar-refractivity contribution in [3.05, 3.63) is 50.5 Å². The van der Waals surface area contributed by atoms with Crippen molar-refractivity contribution in [1.82, 2.24) is 10.4 Å². The van der Waals surface area contributed by atoms with Crippen LogP contribution in [0, 0.1) is 27.7 Å². The van der Waals surface area contributed by atoms with Crippen molar-refractivity contribution in [3.8, 4) is 0 Å². The zero-order chi connectivity index (χ0) is 13.3. The molecule has 0 radical (unpaired) electrons. The fourth-order valence-corrected chi connectivity index (χ4v) is 2.78. The van der Waals surface area contributed by atoms with Crippen LogP contribution in [0.5, 0.6) is 0 Å². The molecule has 4 heteroatoms. The highest BCUT2D eigenvalue weighted by molar-refractivity contribution is 7.09. The Hall–Kier alpha value is -1.23. The quantitative estimate of drug-likeness (QED) is 0.660. The third-order valence-electron chi connectivity index (χ3n) is 3.29. The van der Waals surface area contributed by atoms with E-state index in [1.807, 2.05) is 6.92 Å². The lowest BCUT2D eigenvalue weighted by Gasteiger charge is -2.18. The number of hydrogen-bond acceptors (Lipinski definition) is 4. The van der Waals surface area contributed by atoms with Gasteiger partial charge in [-0.25, -0.2) is 10.4 Å². The first-order valence-electron chi connectivity index (χ1n) is 5.99. The maximum absolute atomic E-state index is 5.72. The Balaban J connectivity index is 2.48. The Morgan fingerprint density at radius 3 is 2.33 bits per heavy atom. The van der Waals surface area contributed by atoms with Gasteiger partial charge in [-0.15, -0.1) is 11.3 Å². The largest absolute Gasteiger partial charge is 0.271 e. The van der Waals surface area contributed by atoms with Crippen LogP contribution in [-0.2, 0) is 0 Å². The van der Waals surface area contributed by atoms with Crippen LogP contribution >= 0.6 is 11.3 Å². The van der Waals surface area contributed by atoms with Crippen LogP contribution in [0.25, 0.3) is 0 Å². The number of thiazole rings is 1. The summed E-state index contributed by atoms with van der Waals surface area (Å²) in [5, 5.41) is 3.13. The first kappa shape index (κ1) is 13.2. The van der Waals surface area contributed by atoms with Gasteiger partial charge >= 0.3 is 0 Å². The minimum absolute atomic E-state index is 0.0331. The molecular formula is C14H19N3S. The first-order valence-corrected chi connectivity index (χ1v) is 6.86. The lowest BCUT2D eigenvalue weighted by molar-refractivity contribution is 0.619. The van der Waals surface area contributed by atoms with Crippen molar-refractivity contribution < 1.29 is 0 Å². The third-order valence-corrected chi connectivity index (χ3v) is 4.08. The molecule has 1 atom stereocenters. The number of aryl methyl sites for hydroxylation is 4. The van der Waals surface area contributed by atoms with Gasteiger partial charge in [-0.3, -0.25) is 5.84 Å². The number of nitrogens with one attached hydrogen (secondary N) is 1. The van der Waals surface area contributed by atoms with Crippen LogP contribution in [0.2, 0.25) is 0 Å². The number of benzene rings is 1. The van der Waals surface area contributed by atoms with Crippen molar-refractivity contribution in [2.24, 2.45) is 5.84 Å². The summed E-state index contributed by atoms with van der Waals surface area (Å²) in [5.41, 5.74) is 8.90. The van der Waals surface area contributed by atoms with Gasteiger partial charge < -0.3 is 0 Å². The molecular weight excluding hydrogens is 242 g/mol. The minimum atomic E-state index is -0.0331. The van der Waals surface area contributed by atoms with E-state index in [-0.39, 0.29) is 6.04 Å². The third kappa shape index (κ3) is 2.46. The molecule has 0 saturated heterocycles. The predicted molar refractivity (Wildman–Crippen MR) is 76.7 cm³/mol. The molecule has 0 aliphatic carbocycles. The summed E-state index contributed by atoms with van der Waals surface area (Å²) in [6.45, 7) is 8.38. The number of aromatic nitrogens is 1. The number of nitrogens with zero attached hydrogens (tertiary/aromatic N) is 1. The number of hydrogen-bond donors (Lipinski definition) is 2. The monoisotopic (exact) mass is 261 g/mol. The summed E-state index contributed by atoms with van der Waals surface area (Å²) in [5.74, 6) is 5.72. The topological polar surface area (TPSA) is 50.9 Å². The zero-order valence-corrected chi connectivity index (χ0v) is 12.1. The molecule has 0 aliphatic rings. The number of rotatable bonds is 3. The molecule has 96 valence electrons. The smallest absolute Gasteiger partial charge is 0.0898 e. The van der Waals surface area contributed by atoms with Gasteiger partial charge in [-0.05, 0) is 49.9 Å². The van der Waals surface area contributed by atoms with Crippen molar-refractivity contribution in [2.75, 3.05) is 0 Å². The van der Waals surface area contributed by atoms with Gasteiger partial charge in [0.15, 0.2) is 0 Å². The second-order valence-corrected chi connectivity index (χ2v) is 5.75. The predicted octanol–water partition coefficient (Wildman–Crippen LogP) is 2.93. The van der Waals surface area contributed by atoms with Gasteiger partial charge in [0.05, 0.1) is 16.7 Å². The van der Waals surface area contributed by atoms with Crippen molar-refractivity contribution in [3.63, 3.8) is 0 Å². The molecule has 1 unspecified atom stereocenters. The van der Waals surface area contributed by atoms with Crippen LogP contribution in [0.15, 0.2) is 17.5 Å². The standard InChI is InChI=1S/C14H19N3S/c1-8-5-10(3)12(6-9(8)2)14(17-15)13-7-18-11(4)16-13/h5-7,14,17H,15H2,1-4H3. The average molecular weight is 261 g/mol. The number of hydrazine groups is 1. The van der Waals surface area contributed by atoms with Gasteiger partial charge in [0.2, 0.25) is 0 Å². The highest BCUT2D eigenvalue weighted by atomic mass is 32.1. The van der Waals surface area contributed by atoms with Crippen LogP contribution in [0.3, 0.4) is 0 Å². The second-order valence-electron chi connectivity index (χ2n) is 4.68. The Morgan fingerprint density at radius 1 is 1.11 bits per heavy atom. The van der Waals surface area contributed by atoms with Gasteiger partial charge in [-0.2, -0.15) is 0 Å². The first-order chi connectivity index (χ1) is 8.52. The molecule has 1 aromatic heterocycles. The minimum Gasteiger partial charge on any atom is -0.271 e. The van der Waals surface area contributed by atoms with Crippen LogP contribution in [-0.4, -0.2) is 4.98 Å². The van der Waals surface area contributed by atoms with Crippen LogP contribution < -0.4 is 11.3 Å². The van der Waals surface area contributed by atoms with E-state index in [1.165, 1.54) is 22.3 Å². The summed E-state index contributed by atoms with van der Waals surface area (Å²) in [7, 11) is 0. The normalized spacial score (nSPS) is 12.7. The van der Waals surface area contributed by atoms with Crippen molar-refractivity contribution >= 4 is 11.3 Å². The molecule has 0 fully saturated rings. The highest BCUT2D eigenvalue weighted by Crippen LogP contribution is 2.27. The summed E-state index contributed by atoms with van der Waals surface area (Å²) < 4.78 is 0. The molecule has 1 heterocycles. The van der Waals surface area contributed by atoms with Crippen LogP contribution in [0.4, 0.5) is 0 Å². The lowest BCUT2D eigenvalue weighted by Crippen LogP contribution is -2.29. The SMILES string of the molecule is Cc1nc(C(NN)c2cc(C)c(C)cc2C)cs1. The molecule has 0 spiro atoms. The molecule has 0 bridgehead atoms. The molecule has 3 N–H and O–H groups in total. The fraction of sp³-hybridized carbons (Fsp3) is 0.357. The van der Waals surface area contributed by atoms with Crippen LogP contribution in [0.1, 0.15) is 39.0 Å². The molecule has 0 amide bonds. The van der Waals surface area contributed by atoms with E-state index < -0.39 is 0 Å². The Bertz CT molecular complexity index is 560. The van der Waals surface area contributed by atoms with Gasteiger partial charge in [-0.1, -0.05) is 12.1 Å². The molecule has 2 aromatic rings. The summed E-state index contributed by atoms with van der Waals surface area (Å²) in [4.78, 5) is 4.53. The van der Waals surface area contributed by atoms with E-state index in [0.717, 1.165) is 10.7 Å². The van der Waals surface area contributed by atoms with E-state index in [9.17, 15) is 0 Å². The molecule has 3 nitrogen and oxygen atoms in total. The molecule has 1 aromatic carbocycles. The summed E-state index contributed by atoms with van der Waals surface area (Å²) >= 11 is 1.65. The van der Waals surface area contributed by atoms with Crippen molar-refractivity contribution in [2.45, 2.75) is 33.7 Å². The average Bonchev–Trinajstić information content (AvgIpc) is 2.73. The summed E-state index contributed by atoms with van der Waals surface area (Å²) in [6.07, 6.45) is 0. The maximum atomic E-state index is 5.72. The maximum Gasteiger partial charge on any atom is 0.0898 e. The summed E-state index contributed by atoms with van der Waals surface area (Å²) in [6, 6.07) is 4.37. The molecule has 18 heavy (non-hydrogen) atoms. The van der Waals surface area contributed by atoms with Gasteiger partial charge in [0, 0.05) is 5.38 Å². The van der Waals surface area contributed by atoms with Crippen molar-refractivity contribution in [1.29, 1.82) is 0 Å². The van der Waals surface area contributed by atoms with E-state index in [2.05, 4.69) is 48.7 Å². The highest BCUT2D eigenvalue weighted by Gasteiger charge is 2.18. The van der Waals surface area contributed by atoms with E-state index in [4.69, 9.17) is 5.84 Å². The Labute approximate surface area is 112 Å². The van der Waals surface area contributed by atoms with E-state index >= 15 is 0 Å². The second kappa shape index (κ2) is 5.18. The zero-order valence-electron chi connectivity index (χ0n) is 11.2. The number of nitrogens with two attached hydrogens (primary N) is 1.